The summed E-state index contributed by atoms with van der Waals surface area (Å²) in [7, 11) is 1.87. The highest BCUT2D eigenvalue weighted by Crippen LogP contribution is 2.31. The first-order chi connectivity index (χ1) is 11.0. The third-order valence-electron chi connectivity index (χ3n) is 4.84. The zero-order valence-electron chi connectivity index (χ0n) is 13.6. The molecule has 1 N–H and O–H groups in total. The normalized spacial score (nSPS) is 18.7. The topological polar surface area (TPSA) is 60.9 Å². The highest BCUT2D eigenvalue weighted by atomic mass is 16.4. The van der Waals surface area contributed by atoms with Gasteiger partial charge >= 0.3 is 5.97 Å². The molecular weight excluding hydrogens is 292 g/mol. The molecule has 3 rings (SSSR count). The van der Waals surface area contributed by atoms with Crippen LogP contribution < -0.4 is 4.90 Å². The Morgan fingerprint density at radius 3 is 2.48 bits per heavy atom. The van der Waals surface area contributed by atoms with Gasteiger partial charge in [-0.2, -0.15) is 0 Å². The summed E-state index contributed by atoms with van der Waals surface area (Å²) in [6.45, 7) is 2.18. The number of carboxylic acids is 1. The standard InChI is InChI=1S/C18H24N2O3/c1-19(17(21)14-5-6-14)12-13-3-2-4-16(11-13)20-9-7-15(8-10-20)18(22)23/h2-4,11,14-15H,5-10,12H2,1H3,(H,22,23). The molecule has 0 radical (unpaired) electrons. The highest BCUT2D eigenvalue weighted by molar-refractivity contribution is 5.80. The predicted octanol–water partition coefficient (Wildman–Crippen LogP) is 2.36. The molecule has 124 valence electrons. The van der Waals surface area contributed by atoms with E-state index in [9.17, 15) is 9.59 Å². The average molecular weight is 316 g/mol. The minimum absolute atomic E-state index is 0.211. The van der Waals surface area contributed by atoms with E-state index < -0.39 is 5.97 Å². The third kappa shape index (κ3) is 3.84. The van der Waals surface area contributed by atoms with Crippen LogP contribution in [0.5, 0.6) is 0 Å². The Bertz CT molecular complexity index is 590. The number of amides is 1. The number of piperidine rings is 1. The smallest absolute Gasteiger partial charge is 0.306 e. The SMILES string of the molecule is CN(Cc1cccc(N2CCC(C(=O)O)CC2)c1)C(=O)C1CC1. The van der Waals surface area contributed by atoms with Crippen molar-refractivity contribution in [2.24, 2.45) is 11.8 Å². The van der Waals surface area contributed by atoms with Gasteiger partial charge in [0.1, 0.15) is 0 Å². The number of hydrogen-bond acceptors (Lipinski definition) is 3. The van der Waals surface area contributed by atoms with Crippen molar-refractivity contribution >= 4 is 17.6 Å². The van der Waals surface area contributed by atoms with Crippen molar-refractivity contribution in [2.45, 2.75) is 32.2 Å². The van der Waals surface area contributed by atoms with Crippen molar-refractivity contribution in [1.29, 1.82) is 0 Å². The van der Waals surface area contributed by atoms with E-state index in [1.54, 1.807) is 0 Å². The Labute approximate surface area is 136 Å². The van der Waals surface area contributed by atoms with Crippen LogP contribution in [-0.4, -0.2) is 42.0 Å². The molecule has 0 bridgehead atoms. The number of carboxylic acid groups (broad SMARTS) is 1. The van der Waals surface area contributed by atoms with Crippen LogP contribution in [0.1, 0.15) is 31.2 Å². The fraction of sp³-hybridized carbons (Fsp3) is 0.556. The van der Waals surface area contributed by atoms with Crippen molar-refractivity contribution in [1.82, 2.24) is 4.90 Å². The van der Waals surface area contributed by atoms with Crippen molar-refractivity contribution in [3.05, 3.63) is 29.8 Å². The molecule has 1 saturated heterocycles. The molecular formula is C18H24N2O3. The second-order valence-electron chi connectivity index (χ2n) is 6.74. The molecule has 1 amide bonds. The second kappa shape index (κ2) is 6.60. The summed E-state index contributed by atoms with van der Waals surface area (Å²) in [6.07, 6.45) is 3.45. The van der Waals surface area contributed by atoms with E-state index in [-0.39, 0.29) is 17.7 Å². The molecule has 0 unspecified atom stereocenters. The van der Waals surface area contributed by atoms with Crippen LogP contribution in [0.25, 0.3) is 0 Å². The monoisotopic (exact) mass is 316 g/mol. The maximum absolute atomic E-state index is 12.1. The van der Waals surface area contributed by atoms with Crippen molar-refractivity contribution in [3.8, 4) is 0 Å². The lowest BCUT2D eigenvalue weighted by Crippen LogP contribution is -2.36. The molecule has 23 heavy (non-hydrogen) atoms. The van der Waals surface area contributed by atoms with E-state index in [4.69, 9.17) is 5.11 Å². The summed E-state index contributed by atoms with van der Waals surface area (Å²) in [5.74, 6) is -0.397. The van der Waals surface area contributed by atoms with Crippen LogP contribution >= 0.6 is 0 Å². The van der Waals surface area contributed by atoms with Crippen molar-refractivity contribution in [2.75, 3.05) is 25.0 Å². The summed E-state index contributed by atoms with van der Waals surface area (Å²) in [5, 5.41) is 9.08. The molecule has 0 spiro atoms. The van der Waals surface area contributed by atoms with Gasteiger partial charge in [0.25, 0.3) is 0 Å². The number of carbonyl (C=O) groups excluding carboxylic acids is 1. The fourth-order valence-electron chi connectivity index (χ4n) is 3.23. The first-order valence-corrected chi connectivity index (χ1v) is 8.36. The number of anilines is 1. The molecule has 1 heterocycles. The average Bonchev–Trinajstić information content (AvgIpc) is 3.39. The van der Waals surface area contributed by atoms with Gasteiger partial charge in [-0.3, -0.25) is 9.59 Å². The van der Waals surface area contributed by atoms with Crippen LogP contribution in [0.15, 0.2) is 24.3 Å². The minimum atomic E-state index is -0.682. The van der Waals surface area contributed by atoms with Crippen LogP contribution in [-0.2, 0) is 16.1 Å². The molecule has 5 nitrogen and oxygen atoms in total. The van der Waals surface area contributed by atoms with Crippen LogP contribution in [0, 0.1) is 11.8 Å². The lowest BCUT2D eigenvalue weighted by atomic mass is 9.96. The zero-order valence-corrected chi connectivity index (χ0v) is 13.6. The van der Waals surface area contributed by atoms with E-state index >= 15 is 0 Å². The van der Waals surface area contributed by atoms with Gasteiger partial charge in [0.2, 0.25) is 5.91 Å². The zero-order chi connectivity index (χ0) is 16.4. The van der Waals surface area contributed by atoms with Gasteiger partial charge in [-0.1, -0.05) is 12.1 Å². The maximum atomic E-state index is 12.1. The molecule has 2 fully saturated rings. The third-order valence-corrected chi connectivity index (χ3v) is 4.84. The van der Waals surface area contributed by atoms with Gasteiger partial charge in [-0.25, -0.2) is 0 Å². The number of aliphatic carboxylic acids is 1. The van der Waals surface area contributed by atoms with Gasteiger partial charge in [0, 0.05) is 38.3 Å². The molecule has 1 aromatic rings. The summed E-state index contributed by atoms with van der Waals surface area (Å²) in [5.41, 5.74) is 2.25. The largest absolute Gasteiger partial charge is 0.481 e. The summed E-state index contributed by atoms with van der Waals surface area (Å²) < 4.78 is 0. The predicted molar refractivity (Wildman–Crippen MR) is 88.2 cm³/mol. The van der Waals surface area contributed by atoms with E-state index in [2.05, 4.69) is 17.0 Å². The number of rotatable bonds is 5. The van der Waals surface area contributed by atoms with Gasteiger partial charge in [0.15, 0.2) is 0 Å². The highest BCUT2D eigenvalue weighted by Gasteiger charge is 2.32. The van der Waals surface area contributed by atoms with Crippen molar-refractivity contribution in [3.63, 3.8) is 0 Å². The lowest BCUT2D eigenvalue weighted by molar-refractivity contribution is -0.142. The molecule has 0 aromatic heterocycles. The second-order valence-corrected chi connectivity index (χ2v) is 6.74. The quantitative estimate of drug-likeness (QED) is 0.906. The molecule has 1 aliphatic carbocycles. The summed E-state index contributed by atoms with van der Waals surface area (Å²) in [4.78, 5) is 27.2. The van der Waals surface area contributed by atoms with E-state index in [0.717, 1.165) is 37.2 Å². The van der Waals surface area contributed by atoms with Gasteiger partial charge in [-0.05, 0) is 43.4 Å². The molecule has 1 aliphatic heterocycles. The Morgan fingerprint density at radius 1 is 1.17 bits per heavy atom. The van der Waals surface area contributed by atoms with Crippen LogP contribution in [0.2, 0.25) is 0 Å². The number of nitrogens with zero attached hydrogens (tertiary/aromatic N) is 2. The molecule has 1 aromatic carbocycles. The first kappa shape index (κ1) is 15.8. The Hall–Kier alpha value is -2.04. The Balaban J connectivity index is 1.61. The van der Waals surface area contributed by atoms with Gasteiger partial charge < -0.3 is 14.9 Å². The van der Waals surface area contributed by atoms with E-state index in [0.29, 0.717) is 19.4 Å². The Morgan fingerprint density at radius 2 is 1.87 bits per heavy atom. The molecule has 2 aliphatic rings. The maximum Gasteiger partial charge on any atom is 0.306 e. The Kier molecular flexibility index (Phi) is 4.55. The van der Waals surface area contributed by atoms with E-state index in [1.807, 2.05) is 24.1 Å². The summed E-state index contributed by atoms with van der Waals surface area (Å²) in [6, 6.07) is 8.25. The molecule has 1 saturated carbocycles. The fourth-order valence-corrected chi connectivity index (χ4v) is 3.23. The molecule has 0 atom stereocenters. The number of carbonyl (C=O) groups is 2. The van der Waals surface area contributed by atoms with Crippen LogP contribution in [0.4, 0.5) is 5.69 Å². The van der Waals surface area contributed by atoms with Gasteiger partial charge in [0.05, 0.1) is 5.92 Å². The lowest BCUT2D eigenvalue weighted by Gasteiger charge is -2.32. The number of benzene rings is 1. The molecule has 5 heteroatoms. The van der Waals surface area contributed by atoms with Crippen molar-refractivity contribution < 1.29 is 14.7 Å². The van der Waals surface area contributed by atoms with E-state index in [1.165, 1.54) is 0 Å². The first-order valence-electron chi connectivity index (χ1n) is 8.36. The number of hydrogen-bond donors (Lipinski definition) is 1. The van der Waals surface area contributed by atoms with Gasteiger partial charge in [-0.15, -0.1) is 0 Å². The van der Waals surface area contributed by atoms with Crippen LogP contribution in [0.3, 0.4) is 0 Å². The minimum Gasteiger partial charge on any atom is -0.481 e. The summed E-state index contributed by atoms with van der Waals surface area (Å²) >= 11 is 0.